The van der Waals surface area contributed by atoms with E-state index in [2.05, 4.69) is 12.2 Å². The summed E-state index contributed by atoms with van der Waals surface area (Å²) in [6, 6.07) is 8.93. The van der Waals surface area contributed by atoms with Crippen molar-refractivity contribution >= 4 is 11.9 Å². The number of rotatable bonds is 12. The van der Waals surface area contributed by atoms with Crippen molar-refractivity contribution in [3.05, 3.63) is 35.9 Å². The van der Waals surface area contributed by atoms with Gasteiger partial charge in [0.05, 0.1) is 0 Å². The van der Waals surface area contributed by atoms with E-state index in [-0.39, 0.29) is 18.5 Å². The number of carbonyl (C=O) groups is 2. The summed E-state index contributed by atoms with van der Waals surface area (Å²) in [7, 11) is 0. The first-order valence-corrected chi connectivity index (χ1v) is 8.87. The molecule has 134 valence electrons. The van der Waals surface area contributed by atoms with Gasteiger partial charge in [-0.25, -0.2) is 4.79 Å². The normalized spacial score (nSPS) is 11.8. The number of amides is 1. The van der Waals surface area contributed by atoms with Gasteiger partial charge in [-0.3, -0.25) is 4.79 Å². The van der Waals surface area contributed by atoms with Gasteiger partial charge in [0.25, 0.3) is 0 Å². The van der Waals surface area contributed by atoms with Crippen molar-refractivity contribution in [2.75, 3.05) is 6.54 Å². The van der Waals surface area contributed by atoms with Crippen LogP contribution in [0.4, 0.5) is 0 Å². The van der Waals surface area contributed by atoms with Crippen LogP contribution in [0.3, 0.4) is 0 Å². The number of nitrogens with two attached hydrogens (primary N) is 1. The number of esters is 1. The predicted octanol–water partition coefficient (Wildman–Crippen LogP) is 2.92. The molecule has 0 saturated carbocycles. The fraction of sp³-hybridized carbons (Fsp3) is 0.579. The van der Waals surface area contributed by atoms with Crippen LogP contribution in [0.25, 0.3) is 0 Å². The Balaban J connectivity index is 2.49. The second-order valence-electron chi connectivity index (χ2n) is 5.95. The Hall–Kier alpha value is -1.88. The van der Waals surface area contributed by atoms with E-state index in [4.69, 9.17) is 10.5 Å². The Labute approximate surface area is 145 Å². The quantitative estimate of drug-likeness (QED) is 0.455. The molecule has 3 N–H and O–H groups in total. The highest BCUT2D eigenvalue weighted by Crippen LogP contribution is 2.07. The third kappa shape index (κ3) is 8.67. The average Bonchev–Trinajstić information content (AvgIpc) is 2.60. The van der Waals surface area contributed by atoms with E-state index in [1.54, 1.807) is 0 Å². The molecule has 0 heterocycles. The molecule has 1 atom stereocenters. The largest absolute Gasteiger partial charge is 0.459 e. The molecule has 0 aliphatic carbocycles. The number of carbonyl (C=O) groups excluding carboxylic acids is 2. The molecule has 0 spiro atoms. The second-order valence-corrected chi connectivity index (χ2v) is 5.95. The first kappa shape index (κ1) is 20.2. The first-order chi connectivity index (χ1) is 11.7. The lowest BCUT2D eigenvalue weighted by molar-refractivity contribution is -0.149. The summed E-state index contributed by atoms with van der Waals surface area (Å²) in [5.74, 6) is -0.461. The third-order valence-electron chi connectivity index (χ3n) is 3.80. The van der Waals surface area contributed by atoms with E-state index in [0.717, 1.165) is 37.7 Å². The van der Waals surface area contributed by atoms with E-state index in [1.807, 2.05) is 30.3 Å². The molecular weight excluding hydrogens is 304 g/mol. The van der Waals surface area contributed by atoms with Gasteiger partial charge in [0.15, 0.2) is 0 Å². The lowest BCUT2D eigenvalue weighted by Gasteiger charge is -2.18. The Morgan fingerprint density at radius 1 is 1.12 bits per heavy atom. The molecule has 0 bridgehead atoms. The van der Waals surface area contributed by atoms with Crippen molar-refractivity contribution in [1.29, 1.82) is 0 Å². The highest BCUT2D eigenvalue weighted by molar-refractivity contribution is 5.84. The number of unbranched alkanes of at least 4 members (excludes halogenated alkanes) is 3. The Morgan fingerprint density at radius 2 is 1.88 bits per heavy atom. The molecule has 5 nitrogen and oxygen atoms in total. The fourth-order valence-electron chi connectivity index (χ4n) is 2.37. The van der Waals surface area contributed by atoms with E-state index >= 15 is 0 Å². The van der Waals surface area contributed by atoms with Gasteiger partial charge in [-0.1, -0.05) is 50.1 Å². The minimum atomic E-state index is -0.589. The SMILES string of the molecule is CCCCCC(=O)N[C@@H](CCCCN)C(=O)OCc1ccccc1. The molecule has 24 heavy (non-hydrogen) atoms. The molecule has 1 amide bonds. The van der Waals surface area contributed by atoms with Crippen LogP contribution >= 0.6 is 0 Å². The first-order valence-electron chi connectivity index (χ1n) is 8.87. The van der Waals surface area contributed by atoms with Gasteiger partial charge in [0, 0.05) is 6.42 Å². The second kappa shape index (κ2) is 12.5. The van der Waals surface area contributed by atoms with Gasteiger partial charge in [0.2, 0.25) is 5.91 Å². The highest BCUT2D eigenvalue weighted by Gasteiger charge is 2.21. The van der Waals surface area contributed by atoms with Crippen LogP contribution in [0.5, 0.6) is 0 Å². The minimum absolute atomic E-state index is 0.0853. The monoisotopic (exact) mass is 334 g/mol. The maximum atomic E-state index is 12.3. The predicted molar refractivity (Wildman–Crippen MR) is 95.2 cm³/mol. The van der Waals surface area contributed by atoms with Gasteiger partial charge in [-0.05, 0) is 37.8 Å². The highest BCUT2D eigenvalue weighted by atomic mass is 16.5. The number of ether oxygens (including phenoxy) is 1. The fourth-order valence-corrected chi connectivity index (χ4v) is 2.37. The zero-order valence-electron chi connectivity index (χ0n) is 14.6. The minimum Gasteiger partial charge on any atom is -0.459 e. The summed E-state index contributed by atoms with van der Waals surface area (Å²) in [6.45, 7) is 2.89. The molecule has 0 saturated heterocycles. The smallest absolute Gasteiger partial charge is 0.328 e. The van der Waals surface area contributed by atoms with Crippen molar-refractivity contribution in [3.63, 3.8) is 0 Å². The zero-order chi connectivity index (χ0) is 17.6. The van der Waals surface area contributed by atoms with E-state index in [1.165, 1.54) is 0 Å². The Kier molecular flexibility index (Phi) is 10.5. The Morgan fingerprint density at radius 3 is 2.54 bits per heavy atom. The molecule has 0 unspecified atom stereocenters. The van der Waals surface area contributed by atoms with Crippen molar-refractivity contribution in [2.24, 2.45) is 5.73 Å². The summed E-state index contributed by atoms with van der Waals surface area (Å²) in [5, 5.41) is 2.82. The Bertz CT molecular complexity index is 477. The van der Waals surface area contributed by atoms with E-state index < -0.39 is 6.04 Å². The maximum Gasteiger partial charge on any atom is 0.328 e. The summed E-state index contributed by atoms with van der Waals surface area (Å²) in [4.78, 5) is 24.3. The molecule has 0 aliphatic rings. The van der Waals surface area contributed by atoms with Crippen molar-refractivity contribution in [3.8, 4) is 0 Å². The molecule has 1 aromatic carbocycles. The standard InChI is InChI=1S/C19H30N2O3/c1-2-3-5-13-18(22)21-17(12-8-9-14-20)19(23)24-15-16-10-6-4-7-11-16/h4,6-7,10-11,17H,2-3,5,8-9,12-15,20H2,1H3,(H,21,22)/t17-/m0/s1. The average molecular weight is 334 g/mol. The van der Waals surface area contributed by atoms with Gasteiger partial charge < -0.3 is 15.8 Å². The van der Waals surface area contributed by atoms with Gasteiger partial charge >= 0.3 is 5.97 Å². The molecule has 5 heteroatoms. The van der Waals surface area contributed by atoms with Crippen molar-refractivity contribution in [2.45, 2.75) is 64.5 Å². The lowest BCUT2D eigenvalue weighted by Crippen LogP contribution is -2.41. The van der Waals surface area contributed by atoms with Crippen LogP contribution in [0.15, 0.2) is 30.3 Å². The van der Waals surface area contributed by atoms with Gasteiger partial charge in [0.1, 0.15) is 12.6 Å². The van der Waals surface area contributed by atoms with Crippen molar-refractivity contribution < 1.29 is 14.3 Å². The molecular formula is C19H30N2O3. The van der Waals surface area contributed by atoms with Crippen LogP contribution in [-0.2, 0) is 20.9 Å². The van der Waals surface area contributed by atoms with Gasteiger partial charge in [-0.15, -0.1) is 0 Å². The molecule has 0 aliphatic heterocycles. The van der Waals surface area contributed by atoms with E-state index in [0.29, 0.717) is 19.4 Å². The summed E-state index contributed by atoms with van der Waals surface area (Å²) in [5.41, 5.74) is 6.44. The zero-order valence-corrected chi connectivity index (χ0v) is 14.6. The summed E-state index contributed by atoms with van der Waals surface area (Å²) < 4.78 is 5.36. The molecule has 1 rings (SSSR count). The van der Waals surface area contributed by atoms with Crippen LogP contribution in [-0.4, -0.2) is 24.5 Å². The number of hydrogen-bond acceptors (Lipinski definition) is 4. The molecule has 1 aromatic rings. The molecule has 0 fully saturated rings. The molecule has 0 radical (unpaired) electrons. The van der Waals surface area contributed by atoms with Crippen LogP contribution in [0.1, 0.15) is 57.4 Å². The summed E-state index contributed by atoms with van der Waals surface area (Å²) >= 11 is 0. The van der Waals surface area contributed by atoms with Crippen LogP contribution in [0, 0.1) is 0 Å². The lowest BCUT2D eigenvalue weighted by atomic mass is 10.1. The topological polar surface area (TPSA) is 81.4 Å². The van der Waals surface area contributed by atoms with Crippen molar-refractivity contribution in [1.82, 2.24) is 5.32 Å². The maximum absolute atomic E-state index is 12.3. The van der Waals surface area contributed by atoms with Crippen LogP contribution < -0.4 is 11.1 Å². The van der Waals surface area contributed by atoms with E-state index in [9.17, 15) is 9.59 Å². The number of hydrogen-bond donors (Lipinski definition) is 2. The number of nitrogens with one attached hydrogen (secondary N) is 1. The van der Waals surface area contributed by atoms with Crippen LogP contribution in [0.2, 0.25) is 0 Å². The van der Waals surface area contributed by atoms with Gasteiger partial charge in [-0.2, -0.15) is 0 Å². The number of benzene rings is 1. The third-order valence-corrected chi connectivity index (χ3v) is 3.80. The molecule has 0 aromatic heterocycles. The summed E-state index contributed by atoms with van der Waals surface area (Å²) in [6.07, 6.45) is 5.55.